The molecule has 1 amide bonds. The van der Waals surface area contributed by atoms with Crippen LogP contribution in [0.5, 0.6) is 0 Å². The molecule has 2 rings (SSSR count). The summed E-state index contributed by atoms with van der Waals surface area (Å²) in [6, 6.07) is 0. The molecular formula is C11H20N6O3. The number of aliphatic hydroxyl groups excluding tert-OH is 1. The maximum absolute atomic E-state index is 11.3. The number of hydrazine groups is 1. The van der Waals surface area contributed by atoms with E-state index in [0.717, 1.165) is 13.1 Å². The molecule has 112 valence electrons. The van der Waals surface area contributed by atoms with E-state index in [1.807, 2.05) is 12.3 Å². The molecule has 2 atom stereocenters. The fourth-order valence-corrected chi connectivity index (χ4v) is 2.25. The maximum Gasteiger partial charge on any atom is 0.287 e. The average Bonchev–Trinajstić information content (AvgIpc) is 2.92. The highest BCUT2D eigenvalue weighted by molar-refractivity contribution is 5.91. The van der Waals surface area contributed by atoms with Crippen molar-refractivity contribution in [3.63, 3.8) is 0 Å². The Kier molecular flexibility index (Phi) is 5.01. The van der Waals surface area contributed by atoms with Crippen LogP contribution in [-0.2, 0) is 11.3 Å². The van der Waals surface area contributed by atoms with Crippen molar-refractivity contribution < 1.29 is 14.6 Å². The second kappa shape index (κ2) is 6.75. The largest absolute Gasteiger partial charge is 0.394 e. The van der Waals surface area contributed by atoms with E-state index in [4.69, 9.17) is 15.7 Å². The number of nitrogens with two attached hydrogens (primary N) is 1. The van der Waals surface area contributed by atoms with Crippen LogP contribution in [0.2, 0.25) is 0 Å². The number of carbonyl (C=O) groups excluding carboxylic acids is 1. The first-order valence-electron chi connectivity index (χ1n) is 6.52. The van der Waals surface area contributed by atoms with E-state index in [0.29, 0.717) is 13.1 Å². The highest BCUT2D eigenvalue weighted by atomic mass is 16.5. The number of nitrogens with one attached hydrogen (secondary N) is 1. The number of hydrogen-bond donors (Lipinski definition) is 3. The number of aromatic nitrogens is 3. The van der Waals surface area contributed by atoms with E-state index < -0.39 is 5.91 Å². The molecule has 1 fully saturated rings. The van der Waals surface area contributed by atoms with Gasteiger partial charge in [-0.3, -0.25) is 19.8 Å². The predicted octanol–water partition coefficient (Wildman–Crippen LogP) is -2.04. The van der Waals surface area contributed by atoms with Crippen molar-refractivity contribution in [1.29, 1.82) is 0 Å². The molecule has 0 aromatic carbocycles. The summed E-state index contributed by atoms with van der Waals surface area (Å²) in [7, 11) is 0. The van der Waals surface area contributed by atoms with Crippen LogP contribution in [0.1, 0.15) is 17.4 Å². The molecular weight excluding hydrogens is 264 g/mol. The maximum atomic E-state index is 11.3. The minimum absolute atomic E-state index is 0.0188. The highest BCUT2D eigenvalue weighted by Gasteiger charge is 2.24. The number of rotatable bonds is 5. The summed E-state index contributed by atoms with van der Waals surface area (Å²) in [4.78, 5) is 13.4. The van der Waals surface area contributed by atoms with Gasteiger partial charge in [0.2, 0.25) is 0 Å². The van der Waals surface area contributed by atoms with Crippen molar-refractivity contribution in [2.45, 2.75) is 25.7 Å². The number of ether oxygens (including phenoxy) is 1. The molecule has 0 saturated carbocycles. The minimum Gasteiger partial charge on any atom is -0.394 e. The van der Waals surface area contributed by atoms with Gasteiger partial charge in [-0.2, -0.15) is 0 Å². The predicted molar refractivity (Wildman–Crippen MR) is 69.5 cm³/mol. The minimum atomic E-state index is -0.461. The van der Waals surface area contributed by atoms with Gasteiger partial charge >= 0.3 is 0 Å². The molecule has 20 heavy (non-hydrogen) atoms. The van der Waals surface area contributed by atoms with Gasteiger partial charge in [0.1, 0.15) is 0 Å². The summed E-state index contributed by atoms with van der Waals surface area (Å²) in [6.07, 6.45) is 1.50. The van der Waals surface area contributed by atoms with E-state index in [9.17, 15) is 4.79 Å². The smallest absolute Gasteiger partial charge is 0.287 e. The molecule has 9 nitrogen and oxygen atoms in total. The molecule has 1 aliphatic heterocycles. The lowest BCUT2D eigenvalue weighted by Gasteiger charge is -2.35. The highest BCUT2D eigenvalue weighted by Crippen LogP contribution is 2.10. The van der Waals surface area contributed by atoms with Crippen molar-refractivity contribution >= 4 is 5.91 Å². The first-order chi connectivity index (χ1) is 9.62. The second-order valence-electron chi connectivity index (χ2n) is 4.85. The Morgan fingerprint density at radius 2 is 2.40 bits per heavy atom. The molecule has 0 spiro atoms. The Morgan fingerprint density at radius 3 is 3.10 bits per heavy atom. The molecule has 1 aromatic heterocycles. The first kappa shape index (κ1) is 14.9. The van der Waals surface area contributed by atoms with Crippen LogP contribution in [-0.4, -0.2) is 69.4 Å². The van der Waals surface area contributed by atoms with Gasteiger partial charge in [-0.25, -0.2) is 5.84 Å². The standard InChI is InChI=1S/C11H20N6O3/c1-8-4-16(5-9(7-18)20-8)2-3-17-6-10(14-15-17)11(19)13-12/h6,8-9,18H,2-5,7,12H2,1H3,(H,13,19). The fourth-order valence-electron chi connectivity index (χ4n) is 2.25. The Balaban J connectivity index is 1.85. The van der Waals surface area contributed by atoms with Gasteiger partial charge < -0.3 is 9.84 Å². The number of amides is 1. The van der Waals surface area contributed by atoms with Gasteiger partial charge in [0, 0.05) is 19.6 Å². The molecule has 2 unspecified atom stereocenters. The van der Waals surface area contributed by atoms with Crippen molar-refractivity contribution in [1.82, 2.24) is 25.3 Å². The molecule has 2 heterocycles. The van der Waals surface area contributed by atoms with Crippen LogP contribution in [0.3, 0.4) is 0 Å². The second-order valence-corrected chi connectivity index (χ2v) is 4.85. The Bertz CT molecular complexity index is 451. The van der Waals surface area contributed by atoms with Crippen LogP contribution in [0.25, 0.3) is 0 Å². The molecule has 9 heteroatoms. The fraction of sp³-hybridized carbons (Fsp3) is 0.727. The van der Waals surface area contributed by atoms with Gasteiger partial charge in [-0.15, -0.1) is 5.10 Å². The number of carbonyl (C=O) groups is 1. The van der Waals surface area contributed by atoms with Crippen molar-refractivity contribution in [3.8, 4) is 0 Å². The first-order valence-corrected chi connectivity index (χ1v) is 6.52. The average molecular weight is 284 g/mol. The number of hydrogen-bond acceptors (Lipinski definition) is 7. The zero-order chi connectivity index (χ0) is 14.5. The SMILES string of the molecule is CC1CN(CCn2cc(C(=O)NN)nn2)CC(CO)O1. The topological polar surface area (TPSA) is 119 Å². The van der Waals surface area contributed by atoms with Crippen LogP contribution in [0, 0.1) is 0 Å². The summed E-state index contributed by atoms with van der Waals surface area (Å²) in [5.74, 6) is 4.57. The van der Waals surface area contributed by atoms with Crippen LogP contribution >= 0.6 is 0 Å². The van der Waals surface area contributed by atoms with Crippen LogP contribution in [0.15, 0.2) is 6.20 Å². The third kappa shape index (κ3) is 3.73. The van der Waals surface area contributed by atoms with E-state index >= 15 is 0 Å². The molecule has 0 radical (unpaired) electrons. The third-order valence-corrected chi connectivity index (χ3v) is 3.15. The normalized spacial score (nSPS) is 23.8. The molecule has 1 aromatic rings. The van der Waals surface area contributed by atoms with E-state index in [-0.39, 0.29) is 24.5 Å². The number of nitrogen functional groups attached to an aromatic ring is 1. The Hall–Kier alpha value is -1.55. The summed E-state index contributed by atoms with van der Waals surface area (Å²) >= 11 is 0. The molecule has 0 aliphatic carbocycles. The van der Waals surface area contributed by atoms with Gasteiger partial charge in [0.05, 0.1) is 31.6 Å². The zero-order valence-corrected chi connectivity index (χ0v) is 11.4. The van der Waals surface area contributed by atoms with Crippen LogP contribution < -0.4 is 11.3 Å². The van der Waals surface area contributed by atoms with Gasteiger partial charge in [0.15, 0.2) is 5.69 Å². The number of morpholine rings is 1. The van der Waals surface area contributed by atoms with Crippen LogP contribution in [0.4, 0.5) is 0 Å². The molecule has 4 N–H and O–H groups in total. The number of aliphatic hydroxyl groups is 1. The lowest BCUT2D eigenvalue weighted by atomic mass is 10.2. The lowest BCUT2D eigenvalue weighted by Crippen LogP contribution is -2.48. The van der Waals surface area contributed by atoms with Crippen molar-refractivity contribution in [2.24, 2.45) is 5.84 Å². The van der Waals surface area contributed by atoms with E-state index in [1.54, 1.807) is 10.9 Å². The summed E-state index contributed by atoms with van der Waals surface area (Å²) in [6.45, 7) is 4.85. The number of nitrogens with zero attached hydrogens (tertiary/aromatic N) is 4. The summed E-state index contributed by atoms with van der Waals surface area (Å²) < 4.78 is 7.17. The lowest BCUT2D eigenvalue weighted by molar-refractivity contribution is -0.0957. The van der Waals surface area contributed by atoms with Gasteiger partial charge in [0.25, 0.3) is 5.91 Å². The molecule has 1 saturated heterocycles. The summed E-state index contributed by atoms with van der Waals surface area (Å²) in [5, 5.41) is 16.8. The monoisotopic (exact) mass is 284 g/mol. The van der Waals surface area contributed by atoms with Crippen molar-refractivity contribution in [2.75, 3.05) is 26.2 Å². The van der Waals surface area contributed by atoms with E-state index in [1.165, 1.54) is 0 Å². The zero-order valence-electron chi connectivity index (χ0n) is 11.4. The van der Waals surface area contributed by atoms with Crippen molar-refractivity contribution in [3.05, 3.63) is 11.9 Å². The van der Waals surface area contributed by atoms with E-state index in [2.05, 4.69) is 15.2 Å². The van der Waals surface area contributed by atoms with Gasteiger partial charge in [-0.05, 0) is 6.92 Å². The van der Waals surface area contributed by atoms with Gasteiger partial charge in [-0.1, -0.05) is 5.21 Å². The quantitative estimate of drug-likeness (QED) is 0.324. The Morgan fingerprint density at radius 1 is 1.60 bits per heavy atom. The third-order valence-electron chi connectivity index (χ3n) is 3.15. The molecule has 1 aliphatic rings. The Labute approximate surface area is 116 Å². The molecule has 0 bridgehead atoms. The summed E-state index contributed by atoms with van der Waals surface area (Å²) in [5.41, 5.74) is 2.20.